The number of methoxy groups -OCH3 is 1. The highest BCUT2D eigenvalue weighted by Crippen LogP contribution is 2.22. The molecule has 4 heteroatoms. The quantitative estimate of drug-likeness (QED) is 0.722. The average molecular weight is 243 g/mol. The third-order valence-corrected chi connectivity index (χ3v) is 3.03. The molecule has 0 bridgehead atoms. The molecule has 100 valence electrons. The maximum atomic E-state index is 11.6. The lowest BCUT2D eigenvalue weighted by Crippen LogP contribution is -2.34. The van der Waals surface area contributed by atoms with Crippen LogP contribution in [0.5, 0.6) is 0 Å². The summed E-state index contributed by atoms with van der Waals surface area (Å²) in [6, 6.07) is 0. The maximum Gasteiger partial charge on any atom is 0.320 e. The number of carbonyl (C=O) groups excluding carboxylic acids is 1. The molecule has 0 aromatic heterocycles. The maximum absolute atomic E-state index is 11.6. The molecule has 1 fully saturated rings. The predicted molar refractivity (Wildman–Crippen MR) is 66.9 cm³/mol. The van der Waals surface area contributed by atoms with Crippen LogP contribution in [0.15, 0.2) is 0 Å². The Labute approximate surface area is 104 Å². The Morgan fingerprint density at radius 1 is 1.35 bits per heavy atom. The average Bonchev–Trinajstić information content (AvgIpc) is 2.28. The van der Waals surface area contributed by atoms with E-state index in [-0.39, 0.29) is 18.2 Å². The number of rotatable bonds is 6. The topological polar surface area (TPSA) is 47.6 Å². The molecule has 4 nitrogen and oxygen atoms in total. The summed E-state index contributed by atoms with van der Waals surface area (Å²) in [6.45, 7) is 5.39. The molecule has 1 aliphatic carbocycles. The molecule has 1 rings (SSSR count). The van der Waals surface area contributed by atoms with Gasteiger partial charge in [-0.25, -0.2) is 0 Å². The van der Waals surface area contributed by atoms with Gasteiger partial charge >= 0.3 is 5.97 Å². The zero-order valence-corrected chi connectivity index (χ0v) is 11.2. The Bertz CT molecular complexity index is 231. The first-order valence-electron chi connectivity index (χ1n) is 6.54. The zero-order chi connectivity index (χ0) is 12.7. The number of hydrogen-bond acceptors (Lipinski definition) is 4. The van der Waals surface area contributed by atoms with Crippen LogP contribution in [0.3, 0.4) is 0 Å². The Kier molecular flexibility index (Phi) is 6.52. The fraction of sp³-hybridized carbons (Fsp3) is 0.923. The second kappa shape index (κ2) is 7.67. The van der Waals surface area contributed by atoms with Gasteiger partial charge in [0.1, 0.15) is 6.10 Å². The Hall–Kier alpha value is -0.610. The van der Waals surface area contributed by atoms with Crippen LogP contribution >= 0.6 is 0 Å². The van der Waals surface area contributed by atoms with Gasteiger partial charge in [0, 0.05) is 13.5 Å². The minimum absolute atomic E-state index is 0.0436. The number of esters is 1. The molecule has 2 atom stereocenters. The minimum atomic E-state index is -0.146. The molecule has 17 heavy (non-hydrogen) atoms. The van der Waals surface area contributed by atoms with Crippen molar-refractivity contribution in [3.8, 4) is 0 Å². The smallest absolute Gasteiger partial charge is 0.320 e. The molecule has 0 aliphatic heterocycles. The van der Waals surface area contributed by atoms with Gasteiger partial charge in [-0.2, -0.15) is 0 Å². The summed E-state index contributed by atoms with van der Waals surface area (Å²) in [5.74, 6) is 0.405. The van der Waals surface area contributed by atoms with E-state index in [4.69, 9.17) is 9.47 Å². The third-order valence-electron chi connectivity index (χ3n) is 3.03. The van der Waals surface area contributed by atoms with Gasteiger partial charge in [-0.05, 0) is 31.7 Å². The molecule has 0 radical (unpaired) electrons. The fourth-order valence-corrected chi connectivity index (χ4v) is 2.11. The van der Waals surface area contributed by atoms with Crippen LogP contribution in [-0.2, 0) is 14.3 Å². The normalized spacial score (nSPS) is 24.9. The first-order valence-corrected chi connectivity index (χ1v) is 6.54. The molecule has 0 aromatic rings. The number of nitrogens with one attached hydrogen (secondary N) is 1. The number of hydrogen-bond donors (Lipinski definition) is 1. The van der Waals surface area contributed by atoms with Crippen LogP contribution in [0.4, 0.5) is 0 Å². The molecule has 0 amide bonds. The van der Waals surface area contributed by atoms with Crippen LogP contribution in [-0.4, -0.2) is 38.4 Å². The molecular weight excluding hydrogens is 218 g/mol. The van der Waals surface area contributed by atoms with Gasteiger partial charge in [0.2, 0.25) is 0 Å². The van der Waals surface area contributed by atoms with E-state index in [1.54, 1.807) is 7.11 Å². The lowest BCUT2D eigenvalue weighted by molar-refractivity contribution is -0.151. The molecule has 1 aliphatic rings. The van der Waals surface area contributed by atoms with Gasteiger partial charge in [0.05, 0.1) is 12.6 Å². The SMILES string of the molecule is COC1CCCC(OC(=O)CNCC(C)C)C1. The lowest BCUT2D eigenvalue weighted by atomic mass is 9.95. The largest absolute Gasteiger partial charge is 0.461 e. The molecule has 0 aromatic carbocycles. The second-order valence-electron chi connectivity index (χ2n) is 5.16. The first kappa shape index (κ1) is 14.5. The Morgan fingerprint density at radius 2 is 2.06 bits per heavy atom. The summed E-state index contributed by atoms with van der Waals surface area (Å²) in [4.78, 5) is 11.6. The van der Waals surface area contributed by atoms with Crippen molar-refractivity contribution in [1.82, 2.24) is 5.32 Å². The minimum Gasteiger partial charge on any atom is -0.461 e. The van der Waals surface area contributed by atoms with E-state index in [1.165, 1.54) is 0 Å². The first-order chi connectivity index (χ1) is 8.11. The van der Waals surface area contributed by atoms with Crippen molar-refractivity contribution in [2.75, 3.05) is 20.2 Å². The van der Waals surface area contributed by atoms with Gasteiger partial charge in [-0.1, -0.05) is 13.8 Å². The van der Waals surface area contributed by atoms with E-state index in [0.29, 0.717) is 12.5 Å². The highest BCUT2D eigenvalue weighted by Gasteiger charge is 2.24. The number of carbonyl (C=O) groups is 1. The van der Waals surface area contributed by atoms with Gasteiger partial charge in [-0.15, -0.1) is 0 Å². The molecule has 0 saturated heterocycles. The van der Waals surface area contributed by atoms with E-state index < -0.39 is 0 Å². The van der Waals surface area contributed by atoms with Crippen molar-refractivity contribution < 1.29 is 14.3 Å². The van der Waals surface area contributed by atoms with Crippen molar-refractivity contribution in [2.45, 2.75) is 51.7 Å². The molecule has 1 N–H and O–H groups in total. The summed E-state index contributed by atoms with van der Waals surface area (Å²) >= 11 is 0. The highest BCUT2D eigenvalue weighted by molar-refractivity contribution is 5.71. The summed E-state index contributed by atoms with van der Waals surface area (Å²) in [7, 11) is 1.72. The molecule has 1 saturated carbocycles. The monoisotopic (exact) mass is 243 g/mol. The molecule has 0 spiro atoms. The van der Waals surface area contributed by atoms with Gasteiger partial charge in [0.25, 0.3) is 0 Å². The summed E-state index contributed by atoms with van der Waals surface area (Å²) in [5.41, 5.74) is 0. The summed E-state index contributed by atoms with van der Waals surface area (Å²) < 4.78 is 10.7. The second-order valence-corrected chi connectivity index (χ2v) is 5.16. The van der Waals surface area contributed by atoms with E-state index >= 15 is 0 Å². The predicted octanol–water partition coefficient (Wildman–Crippen LogP) is 1.73. The van der Waals surface area contributed by atoms with Crippen LogP contribution < -0.4 is 5.32 Å². The Morgan fingerprint density at radius 3 is 2.71 bits per heavy atom. The van der Waals surface area contributed by atoms with Crippen molar-refractivity contribution in [1.29, 1.82) is 0 Å². The van der Waals surface area contributed by atoms with Crippen LogP contribution in [0, 0.1) is 5.92 Å². The standard InChI is InChI=1S/C13H25NO3/c1-10(2)8-14-9-13(15)17-12-6-4-5-11(7-12)16-3/h10-12,14H,4-9H2,1-3H3. The Balaban J connectivity index is 2.17. The molecule has 0 heterocycles. The zero-order valence-electron chi connectivity index (χ0n) is 11.2. The van der Waals surface area contributed by atoms with Crippen molar-refractivity contribution in [3.63, 3.8) is 0 Å². The van der Waals surface area contributed by atoms with Crippen LogP contribution in [0.2, 0.25) is 0 Å². The summed E-state index contributed by atoms with van der Waals surface area (Å²) in [5, 5.41) is 3.09. The third kappa shape index (κ3) is 6.03. The number of ether oxygens (including phenoxy) is 2. The van der Waals surface area contributed by atoms with Crippen molar-refractivity contribution in [2.24, 2.45) is 5.92 Å². The molecular formula is C13H25NO3. The lowest BCUT2D eigenvalue weighted by Gasteiger charge is -2.27. The summed E-state index contributed by atoms with van der Waals surface area (Å²) in [6.07, 6.45) is 4.26. The van der Waals surface area contributed by atoms with E-state index in [2.05, 4.69) is 19.2 Å². The van der Waals surface area contributed by atoms with Crippen molar-refractivity contribution in [3.05, 3.63) is 0 Å². The van der Waals surface area contributed by atoms with E-state index in [1.807, 2.05) is 0 Å². The van der Waals surface area contributed by atoms with Crippen molar-refractivity contribution >= 4 is 5.97 Å². The van der Waals surface area contributed by atoms with E-state index in [9.17, 15) is 4.79 Å². The fourth-order valence-electron chi connectivity index (χ4n) is 2.11. The van der Waals surface area contributed by atoms with E-state index in [0.717, 1.165) is 32.2 Å². The van der Waals surface area contributed by atoms with Crippen LogP contribution in [0.25, 0.3) is 0 Å². The van der Waals surface area contributed by atoms with Gasteiger partial charge in [0.15, 0.2) is 0 Å². The highest BCUT2D eigenvalue weighted by atomic mass is 16.5. The van der Waals surface area contributed by atoms with Gasteiger partial charge in [-0.3, -0.25) is 4.79 Å². The van der Waals surface area contributed by atoms with Crippen LogP contribution in [0.1, 0.15) is 39.5 Å². The molecule has 2 unspecified atom stereocenters. The van der Waals surface area contributed by atoms with Gasteiger partial charge < -0.3 is 14.8 Å².